The van der Waals surface area contributed by atoms with Crippen molar-refractivity contribution in [3.8, 4) is 0 Å². The summed E-state index contributed by atoms with van der Waals surface area (Å²) in [6, 6.07) is 12.8. The number of nitrogens with one attached hydrogen (secondary N) is 2. The van der Waals surface area contributed by atoms with Crippen LogP contribution in [-0.4, -0.2) is 20.4 Å². The van der Waals surface area contributed by atoms with Crippen molar-refractivity contribution in [2.75, 3.05) is 4.72 Å². The first kappa shape index (κ1) is 15.8. The molecular weight excluding hydrogens is 336 g/mol. The van der Waals surface area contributed by atoms with Gasteiger partial charge in [-0.3, -0.25) is 9.52 Å². The van der Waals surface area contributed by atoms with Crippen LogP contribution in [0, 0.1) is 0 Å². The summed E-state index contributed by atoms with van der Waals surface area (Å²) in [7, 11) is -3.77. The maximum Gasteiger partial charge on any atom is 0.263 e. The fourth-order valence-electron chi connectivity index (χ4n) is 2.06. The van der Waals surface area contributed by atoms with Gasteiger partial charge in [0.05, 0.1) is 5.02 Å². The van der Waals surface area contributed by atoms with Crippen molar-refractivity contribution >= 4 is 33.2 Å². The number of halogens is 1. The highest BCUT2D eigenvalue weighted by atomic mass is 35.5. The fraction of sp³-hybridized carbons (Fsp3) is 0.188. The molecule has 0 radical (unpaired) electrons. The quantitative estimate of drug-likeness (QED) is 0.870. The van der Waals surface area contributed by atoms with E-state index in [9.17, 15) is 13.2 Å². The molecule has 0 aliphatic heterocycles. The Kier molecular flexibility index (Phi) is 4.28. The van der Waals surface area contributed by atoms with Crippen LogP contribution >= 0.6 is 11.6 Å². The number of hydrogen-bond acceptors (Lipinski definition) is 3. The van der Waals surface area contributed by atoms with Crippen LogP contribution in [0.2, 0.25) is 5.02 Å². The summed E-state index contributed by atoms with van der Waals surface area (Å²) in [4.78, 5) is 11.9. The lowest BCUT2D eigenvalue weighted by atomic mass is 10.2. The molecule has 5 nitrogen and oxygen atoms in total. The van der Waals surface area contributed by atoms with Gasteiger partial charge >= 0.3 is 0 Å². The Morgan fingerprint density at radius 1 is 1.04 bits per heavy atom. The highest BCUT2D eigenvalue weighted by molar-refractivity contribution is 7.92. The van der Waals surface area contributed by atoms with Crippen molar-refractivity contribution in [3.05, 3.63) is 59.1 Å². The minimum Gasteiger partial charge on any atom is -0.349 e. The standard InChI is InChI=1S/C16H15ClN2O3S/c17-14-3-1-2-4-15(14)23(21,22)19-13-7-5-11(6-8-13)16(20)18-12-9-10-12/h1-8,12,19H,9-10H2,(H,18,20). The number of carbonyl (C=O) groups excluding carboxylic acids is 1. The number of amides is 1. The SMILES string of the molecule is O=C(NC1CC1)c1ccc(NS(=O)(=O)c2ccccc2Cl)cc1. The average Bonchev–Trinajstić information content (AvgIpc) is 3.31. The van der Waals surface area contributed by atoms with Gasteiger partial charge in [0.1, 0.15) is 4.90 Å². The number of hydrogen-bond donors (Lipinski definition) is 2. The Morgan fingerprint density at radius 3 is 2.30 bits per heavy atom. The molecule has 0 atom stereocenters. The summed E-state index contributed by atoms with van der Waals surface area (Å²) in [5, 5.41) is 3.03. The Bertz CT molecular complexity index is 831. The molecule has 7 heteroatoms. The Hall–Kier alpha value is -2.05. The summed E-state index contributed by atoms with van der Waals surface area (Å²) >= 11 is 5.92. The third kappa shape index (κ3) is 3.83. The molecule has 2 aromatic rings. The highest BCUT2D eigenvalue weighted by Crippen LogP contribution is 2.24. The summed E-state index contributed by atoms with van der Waals surface area (Å²) in [6.45, 7) is 0. The fourth-order valence-corrected chi connectivity index (χ4v) is 3.64. The van der Waals surface area contributed by atoms with Crippen LogP contribution in [-0.2, 0) is 10.0 Å². The number of sulfonamides is 1. The Morgan fingerprint density at radius 2 is 1.70 bits per heavy atom. The molecule has 1 fully saturated rings. The molecule has 0 unspecified atom stereocenters. The molecule has 1 aliphatic rings. The van der Waals surface area contributed by atoms with E-state index in [1.54, 1.807) is 36.4 Å². The third-order valence-corrected chi connectivity index (χ3v) is 5.32. The molecule has 1 aliphatic carbocycles. The van der Waals surface area contributed by atoms with Crippen LogP contribution in [0.4, 0.5) is 5.69 Å². The maximum absolute atomic E-state index is 12.3. The lowest BCUT2D eigenvalue weighted by molar-refractivity contribution is 0.0951. The second-order valence-corrected chi connectivity index (χ2v) is 7.42. The summed E-state index contributed by atoms with van der Waals surface area (Å²) < 4.78 is 27.1. The van der Waals surface area contributed by atoms with E-state index in [1.165, 1.54) is 12.1 Å². The van der Waals surface area contributed by atoms with Crippen LogP contribution in [0.5, 0.6) is 0 Å². The zero-order chi connectivity index (χ0) is 16.4. The van der Waals surface area contributed by atoms with E-state index in [0.29, 0.717) is 11.3 Å². The summed E-state index contributed by atoms with van der Waals surface area (Å²) in [5.41, 5.74) is 0.866. The van der Waals surface area contributed by atoms with Crippen molar-refractivity contribution in [1.29, 1.82) is 0 Å². The lowest BCUT2D eigenvalue weighted by Crippen LogP contribution is -2.25. The topological polar surface area (TPSA) is 75.3 Å². The van der Waals surface area contributed by atoms with Crippen LogP contribution in [0.15, 0.2) is 53.4 Å². The Labute approximate surface area is 139 Å². The average molecular weight is 351 g/mol. The first-order valence-electron chi connectivity index (χ1n) is 7.14. The van der Waals surface area contributed by atoms with Crippen molar-refractivity contribution in [1.82, 2.24) is 5.32 Å². The minimum atomic E-state index is -3.77. The van der Waals surface area contributed by atoms with E-state index in [-0.39, 0.29) is 21.9 Å². The van der Waals surface area contributed by atoms with Crippen LogP contribution < -0.4 is 10.0 Å². The van der Waals surface area contributed by atoms with Gasteiger partial charge in [-0.15, -0.1) is 0 Å². The minimum absolute atomic E-state index is 0.0113. The van der Waals surface area contributed by atoms with E-state index >= 15 is 0 Å². The molecule has 0 bridgehead atoms. The van der Waals surface area contributed by atoms with Crippen LogP contribution in [0.3, 0.4) is 0 Å². The van der Waals surface area contributed by atoms with Crippen molar-refractivity contribution in [2.24, 2.45) is 0 Å². The summed E-state index contributed by atoms with van der Waals surface area (Å²) in [6.07, 6.45) is 2.03. The molecule has 0 spiro atoms. The number of benzene rings is 2. The molecule has 23 heavy (non-hydrogen) atoms. The zero-order valence-electron chi connectivity index (χ0n) is 12.1. The second kappa shape index (κ2) is 6.22. The van der Waals surface area contributed by atoms with Crippen molar-refractivity contribution in [3.63, 3.8) is 0 Å². The van der Waals surface area contributed by atoms with E-state index in [2.05, 4.69) is 10.0 Å². The van der Waals surface area contributed by atoms with Gasteiger partial charge in [0, 0.05) is 17.3 Å². The molecule has 0 aromatic heterocycles. The third-order valence-electron chi connectivity index (χ3n) is 3.44. The second-order valence-electron chi connectivity index (χ2n) is 5.36. The molecule has 1 amide bonds. The molecule has 1 saturated carbocycles. The predicted molar refractivity (Wildman–Crippen MR) is 89.2 cm³/mol. The number of anilines is 1. The van der Waals surface area contributed by atoms with E-state index in [1.807, 2.05) is 0 Å². The molecule has 3 rings (SSSR count). The van der Waals surface area contributed by atoms with E-state index in [0.717, 1.165) is 12.8 Å². The van der Waals surface area contributed by atoms with E-state index < -0.39 is 10.0 Å². The molecule has 2 aromatic carbocycles. The first-order chi connectivity index (χ1) is 11.0. The van der Waals surface area contributed by atoms with Gasteiger partial charge in [0.15, 0.2) is 0 Å². The van der Waals surface area contributed by atoms with Crippen molar-refractivity contribution in [2.45, 2.75) is 23.8 Å². The molecule has 0 heterocycles. The molecule has 0 saturated heterocycles. The number of rotatable bonds is 5. The smallest absolute Gasteiger partial charge is 0.263 e. The van der Waals surface area contributed by atoms with Gasteiger partial charge in [-0.1, -0.05) is 23.7 Å². The largest absolute Gasteiger partial charge is 0.349 e. The lowest BCUT2D eigenvalue weighted by Gasteiger charge is -2.10. The van der Waals surface area contributed by atoms with Crippen LogP contribution in [0.25, 0.3) is 0 Å². The van der Waals surface area contributed by atoms with Crippen LogP contribution in [0.1, 0.15) is 23.2 Å². The van der Waals surface area contributed by atoms with Gasteiger partial charge in [-0.05, 0) is 49.2 Å². The summed E-state index contributed by atoms with van der Waals surface area (Å²) in [5.74, 6) is -0.145. The number of carbonyl (C=O) groups is 1. The molecular formula is C16H15ClN2O3S. The highest BCUT2D eigenvalue weighted by Gasteiger charge is 2.24. The van der Waals surface area contributed by atoms with Crippen molar-refractivity contribution < 1.29 is 13.2 Å². The van der Waals surface area contributed by atoms with Gasteiger partial charge < -0.3 is 5.32 Å². The molecule has 120 valence electrons. The normalized spacial score (nSPS) is 14.3. The monoisotopic (exact) mass is 350 g/mol. The first-order valence-corrected chi connectivity index (χ1v) is 9.00. The van der Waals surface area contributed by atoms with Gasteiger partial charge in [-0.25, -0.2) is 8.42 Å². The zero-order valence-corrected chi connectivity index (χ0v) is 13.7. The molecule has 2 N–H and O–H groups in total. The van der Waals surface area contributed by atoms with E-state index in [4.69, 9.17) is 11.6 Å². The van der Waals surface area contributed by atoms with Gasteiger partial charge in [-0.2, -0.15) is 0 Å². The van der Waals surface area contributed by atoms with Gasteiger partial charge in [0.2, 0.25) is 0 Å². The van der Waals surface area contributed by atoms with Gasteiger partial charge in [0.25, 0.3) is 15.9 Å². The predicted octanol–water partition coefficient (Wildman–Crippen LogP) is 3.03. The Balaban J connectivity index is 1.75. The maximum atomic E-state index is 12.3.